The molecule has 17 heavy (non-hydrogen) atoms. The Morgan fingerprint density at radius 3 is 2.59 bits per heavy atom. The number of thiol groups is 1. The summed E-state index contributed by atoms with van der Waals surface area (Å²) in [6.07, 6.45) is 3.36. The zero-order chi connectivity index (χ0) is 12.3. The summed E-state index contributed by atoms with van der Waals surface area (Å²) in [6, 6.07) is 8.92. The maximum absolute atomic E-state index is 11.9. The van der Waals surface area contributed by atoms with Gasteiger partial charge in [0.1, 0.15) is 0 Å². The second-order valence-electron chi connectivity index (χ2n) is 3.75. The largest absolute Gasteiger partial charge is 0.321 e. The predicted molar refractivity (Wildman–Crippen MR) is 70.6 cm³/mol. The Morgan fingerprint density at radius 2 is 1.94 bits per heavy atom. The second-order valence-corrected chi connectivity index (χ2v) is 4.27. The van der Waals surface area contributed by atoms with Crippen LogP contribution in [0, 0.1) is 6.92 Å². The fourth-order valence-electron chi connectivity index (χ4n) is 1.44. The highest BCUT2D eigenvalue weighted by atomic mass is 32.1. The van der Waals surface area contributed by atoms with Crippen molar-refractivity contribution in [2.24, 2.45) is 0 Å². The number of benzene rings is 1. The Labute approximate surface area is 105 Å². The molecule has 1 N–H and O–H groups in total. The summed E-state index contributed by atoms with van der Waals surface area (Å²) in [6.45, 7) is 1.93. The molecule has 0 aliphatic carbocycles. The molecule has 0 saturated carbocycles. The first-order chi connectivity index (χ1) is 8.15. The average Bonchev–Trinajstić information content (AvgIpc) is 2.29. The first kappa shape index (κ1) is 11.7. The average molecular weight is 244 g/mol. The van der Waals surface area contributed by atoms with E-state index in [0.29, 0.717) is 11.3 Å². The molecule has 0 spiro atoms. The van der Waals surface area contributed by atoms with Crippen LogP contribution in [0.25, 0.3) is 0 Å². The minimum atomic E-state index is -0.147. The fraction of sp³-hybridized carbons (Fsp3) is 0.0769. The smallest absolute Gasteiger partial charge is 0.255 e. The normalized spacial score (nSPS) is 10.0. The van der Waals surface area contributed by atoms with Crippen molar-refractivity contribution in [1.29, 1.82) is 0 Å². The number of aromatic nitrogens is 1. The molecule has 1 aromatic heterocycles. The van der Waals surface area contributed by atoms with E-state index in [0.717, 1.165) is 10.5 Å². The van der Waals surface area contributed by atoms with E-state index in [1.165, 1.54) is 0 Å². The molecule has 86 valence electrons. The van der Waals surface area contributed by atoms with Gasteiger partial charge in [-0.15, -0.1) is 12.6 Å². The summed E-state index contributed by atoms with van der Waals surface area (Å²) in [7, 11) is 0. The van der Waals surface area contributed by atoms with Gasteiger partial charge in [0.2, 0.25) is 0 Å². The van der Waals surface area contributed by atoms with E-state index >= 15 is 0 Å². The molecule has 0 bridgehead atoms. The Bertz CT molecular complexity index is 537. The first-order valence-electron chi connectivity index (χ1n) is 5.17. The zero-order valence-corrected chi connectivity index (χ0v) is 10.2. The minimum Gasteiger partial charge on any atom is -0.321 e. The van der Waals surface area contributed by atoms with Gasteiger partial charge in [-0.2, -0.15) is 0 Å². The molecule has 1 aromatic carbocycles. The second kappa shape index (κ2) is 5.01. The molecular formula is C13H12N2OS. The number of hydrogen-bond donors (Lipinski definition) is 2. The summed E-state index contributed by atoms with van der Waals surface area (Å²) in [4.78, 5) is 16.7. The molecule has 0 atom stereocenters. The van der Waals surface area contributed by atoms with Crippen LogP contribution in [0.5, 0.6) is 0 Å². The van der Waals surface area contributed by atoms with E-state index in [2.05, 4.69) is 22.9 Å². The number of rotatable bonds is 2. The SMILES string of the molecule is Cc1cncc(NC(=O)c2ccc(S)cc2)c1. The molecule has 4 heteroatoms. The van der Waals surface area contributed by atoms with Crippen LogP contribution in [0.1, 0.15) is 15.9 Å². The number of pyridine rings is 1. The number of aryl methyl sites for hydroxylation is 1. The van der Waals surface area contributed by atoms with Crippen LogP contribution in [0.3, 0.4) is 0 Å². The van der Waals surface area contributed by atoms with Gasteiger partial charge in [0, 0.05) is 16.7 Å². The van der Waals surface area contributed by atoms with Gasteiger partial charge in [0.15, 0.2) is 0 Å². The molecule has 0 aliphatic heterocycles. The van der Waals surface area contributed by atoms with Crippen LogP contribution in [0.2, 0.25) is 0 Å². The molecule has 0 saturated heterocycles. The Hall–Kier alpha value is -1.81. The summed E-state index contributed by atoms with van der Waals surface area (Å²) >= 11 is 4.17. The Morgan fingerprint density at radius 1 is 1.24 bits per heavy atom. The van der Waals surface area contributed by atoms with Crippen LogP contribution in [0.15, 0.2) is 47.6 Å². The van der Waals surface area contributed by atoms with Crippen molar-refractivity contribution < 1.29 is 4.79 Å². The van der Waals surface area contributed by atoms with Crippen LogP contribution in [-0.4, -0.2) is 10.9 Å². The summed E-state index contributed by atoms with van der Waals surface area (Å²) in [5, 5.41) is 2.79. The zero-order valence-electron chi connectivity index (χ0n) is 9.34. The summed E-state index contributed by atoms with van der Waals surface area (Å²) < 4.78 is 0. The monoisotopic (exact) mass is 244 g/mol. The molecule has 0 unspecified atom stereocenters. The standard InChI is InChI=1S/C13H12N2OS/c1-9-6-11(8-14-7-9)15-13(16)10-2-4-12(17)5-3-10/h2-8,17H,1H3,(H,15,16). The minimum absolute atomic E-state index is 0.147. The molecule has 0 fully saturated rings. The fourth-order valence-corrected chi connectivity index (χ4v) is 1.59. The highest BCUT2D eigenvalue weighted by Crippen LogP contribution is 2.11. The Kier molecular flexibility index (Phi) is 3.44. The topological polar surface area (TPSA) is 42.0 Å². The summed E-state index contributed by atoms with van der Waals surface area (Å²) in [5.41, 5.74) is 2.31. The lowest BCUT2D eigenvalue weighted by atomic mass is 10.2. The molecule has 3 nitrogen and oxygen atoms in total. The van der Waals surface area contributed by atoms with E-state index in [4.69, 9.17) is 0 Å². The van der Waals surface area contributed by atoms with Crippen LogP contribution >= 0.6 is 12.6 Å². The number of nitrogens with zero attached hydrogens (tertiary/aromatic N) is 1. The molecule has 0 radical (unpaired) electrons. The van der Waals surface area contributed by atoms with E-state index in [-0.39, 0.29) is 5.91 Å². The highest BCUT2D eigenvalue weighted by molar-refractivity contribution is 7.80. The van der Waals surface area contributed by atoms with Gasteiger partial charge in [0.25, 0.3) is 5.91 Å². The molecule has 0 aliphatic rings. The number of nitrogens with one attached hydrogen (secondary N) is 1. The van der Waals surface area contributed by atoms with Crippen molar-refractivity contribution in [3.05, 3.63) is 53.9 Å². The van der Waals surface area contributed by atoms with Crippen molar-refractivity contribution >= 4 is 24.2 Å². The third-order valence-corrected chi connectivity index (χ3v) is 2.56. The van der Waals surface area contributed by atoms with E-state index in [1.54, 1.807) is 36.7 Å². The number of hydrogen-bond acceptors (Lipinski definition) is 3. The van der Waals surface area contributed by atoms with Crippen LogP contribution in [-0.2, 0) is 0 Å². The number of anilines is 1. The van der Waals surface area contributed by atoms with E-state index in [1.807, 2.05) is 13.0 Å². The van der Waals surface area contributed by atoms with Crippen molar-refractivity contribution in [1.82, 2.24) is 4.98 Å². The highest BCUT2D eigenvalue weighted by Gasteiger charge is 2.05. The third kappa shape index (κ3) is 3.07. The van der Waals surface area contributed by atoms with Crippen LogP contribution in [0.4, 0.5) is 5.69 Å². The lowest BCUT2D eigenvalue weighted by molar-refractivity contribution is 0.102. The maximum Gasteiger partial charge on any atom is 0.255 e. The van der Waals surface area contributed by atoms with Crippen LogP contribution < -0.4 is 5.32 Å². The van der Waals surface area contributed by atoms with Gasteiger partial charge >= 0.3 is 0 Å². The lowest BCUT2D eigenvalue weighted by Crippen LogP contribution is -2.11. The molecule has 1 amide bonds. The molecule has 2 rings (SSSR count). The van der Waals surface area contributed by atoms with Gasteiger partial charge in [-0.1, -0.05) is 0 Å². The van der Waals surface area contributed by atoms with Crippen molar-refractivity contribution in [3.8, 4) is 0 Å². The third-order valence-electron chi connectivity index (χ3n) is 2.26. The van der Waals surface area contributed by atoms with Gasteiger partial charge in [-0.3, -0.25) is 9.78 Å². The quantitative estimate of drug-likeness (QED) is 0.798. The van der Waals surface area contributed by atoms with Crippen molar-refractivity contribution in [2.75, 3.05) is 5.32 Å². The van der Waals surface area contributed by atoms with Crippen molar-refractivity contribution in [2.45, 2.75) is 11.8 Å². The van der Waals surface area contributed by atoms with Gasteiger partial charge < -0.3 is 5.32 Å². The molecule has 2 aromatic rings. The van der Waals surface area contributed by atoms with Gasteiger partial charge in [-0.25, -0.2) is 0 Å². The Balaban J connectivity index is 2.14. The predicted octanol–water partition coefficient (Wildman–Crippen LogP) is 2.93. The molecule has 1 heterocycles. The number of amides is 1. The first-order valence-corrected chi connectivity index (χ1v) is 5.62. The maximum atomic E-state index is 11.9. The van der Waals surface area contributed by atoms with E-state index < -0.39 is 0 Å². The summed E-state index contributed by atoms with van der Waals surface area (Å²) in [5.74, 6) is -0.147. The lowest BCUT2D eigenvalue weighted by Gasteiger charge is -2.05. The van der Waals surface area contributed by atoms with Gasteiger partial charge in [0.05, 0.1) is 11.9 Å². The van der Waals surface area contributed by atoms with Crippen molar-refractivity contribution in [3.63, 3.8) is 0 Å². The number of carbonyl (C=O) groups excluding carboxylic acids is 1. The number of carbonyl (C=O) groups is 1. The van der Waals surface area contributed by atoms with Gasteiger partial charge in [-0.05, 0) is 42.8 Å². The van der Waals surface area contributed by atoms with E-state index in [9.17, 15) is 4.79 Å². The molecular weight excluding hydrogens is 232 g/mol.